The molecule has 4 atom stereocenters. The minimum absolute atomic E-state index is 0.123. The number of hydrogen-bond donors (Lipinski definition) is 2. The topological polar surface area (TPSA) is 121 Å². The van der Waals surface area contributed by atoms with Crippen LogP contribution in [0.25, 0.3) is 5.53 Å². The molecule has 32 heavy (non-hydrogen) atoms. The first-order valence-corrected chi connectivity index (χ1v) is 10.2. The van der Waals surface area contributed by atoms with Crippen LogP contribution >= 0.6 is 0 Å². The largest absolute Gasteiger partial charge is 0.493 e. The van der Waals surface area contributed by atoms with Gasteiger partial charge in [-0.25, -0.2) is 0 Å². The third-order valence-corrected chi connectivity index (χ3v) is 6.45. The van der Waals surface area contributed by atoms with Gasteiger partial charge in [-0.15, -0.1) is 0 Å². The Bertz CT molecular complexity index is 1060. The van der Waals surface area contributed by atoms with E-state index in [1.54, 1.807) is 21.3 Å². The van der Waals surface area contributed by atoms with Gasteiger partial charge < -0.3 is 28.4 Å². The average molecular weight is 441 g/mol. The maximum absolute atomic E-state index is 12.9. The quantitative estimate of drug-likeness (QED) is 0.387. The Morgan fingerprint density at radius 2 is 1.62 bits per heavy atom. The number of benzene rings is 2. The Hall–Kier alpha value is -3.69. The molecule has 0 aromatic heterocycles. The molecule has 2 aromatic rings. The van der Waals surface area contributed by atoms with Crippen molar-refractivity contribution < 1.29 is 38.4 Å². The lowest BCUT2D eigenvalue weighted by atomic mass is 9.65. The molecule has 0 spiro atoms. The van der Waals surface area contributed by atoms with E-state index >= 15 is 0 Å². The summed E-state index contributed by atoms with van der Waals surface area (Å²) in [6.07, 6.45) is 0. The third kappa shape index (κ3) is 2.89. The molecule has 0 saturated carbocycles. The lowest BCUT2D eigenvalue weighted by molar-refractivity contribution is -0.559. The molecule has 0 unspecified atom stereocenters. The molecule has 2 heterocycles. The highest BCUT2D eigenvalue weighted by Crippen LogP contribution is 2.55. The summed E-state index contributed by atoms with van der Waals surface area (Å²) in [6.45, 7) is 0.343. The van der Waals surface area contributed by atoms with Crippen molar-refractivity contribution in [1.29, 1.82) is 0 Å². The second-order valence-electron chi connectivity index (χ2n) is 7.82. The first-order valence-electron chi connectivity index (χ1n) is 10.2. The molecule has 2 N–H and O–H groups in total. The summed E-state index contributed by atoms with van der Waals surface area (Å²) in [7, 11) is 4.64. The average Bonchev–Trinajstić information content (AvgIpc) is 3.43. The number of ether oxygens (including phenoxy) is 6. The van der Waals surface area contributed by atoms with Crippen LogP contribution in [0, 0.1) is 11.8 Å². The van der Waals surface area contributed by atoms with Crippen LogP contribution in [0.1, 0.15) is 28.7 Å². The van der Waals surface area contributed by atoms with Crippen molar-refractivity contribution in [2.45, 2.75) is 12.0 Å². The summed E-state index contributed by atoms with van der Waals surface area (Å²) >= 11 is 0. The van der Waals surface area contributed by atoms with E-state index in [9.17, 15) is 10.3 Å². The van der Waals surface area contributed by atoms with Crippen LogP contribution in [-0.2, 0) is 9.53 Å². The minimum atomic E-state index is -0.503. The molecule has 5 rings (SSSR count). The number of hydrazine groups is 1. The van der Waals surface area contributed by atoms with Gasteiger partial charge in [0.15, 0.2) is 23.0 Å². The second kappa shape index (κ2) is 7.77. The van der Waals surface area contributed by atoms with Gasteiger partial charge in [0, 0.05) is 17.9 Å². The summed E-state index contributed by atoms with van der Waals surface area (Å²) in [5.74, 6) is 1.24. The highest BCUT2D eigenvalue weighted by atomic mass is 16.7. The third-order valence-electron chi connectivity index (χ3n) is 6.45. The Morgan fingerprint density at radius 1 is 0.969 bits per heavy atom. The van der Waals surface area contributed by atoms with Crippen molar-refractivity contribution in [3.63, 3.8) is 0 Å². The molecule has 10 heteroatoms. The number of carbonyl (C=O) groups excluding carboxylic acids is 1. The predicted octanol–water partition coefficient (Wildman–Crippen LogP) is 1.02. The van der Waals surface area contributed by atoms with E-state index < -0.39 is 5.92 Å². The Labute approximate surface area is 184 Å². The number of nitrogens with zero attached hydrogens (tertiary/aromatic N) is 1. The fourth-order valence-corrected chi connectivity index (χ4v) is 5.10. The predicted molar refractivity (Wildman–Crippen MR) is 109 cm³/mol. The molecule has 1 aliphatic carbocycles. The molecular weight excluding hydrogens is 418 g/mol. The van der Waals surface area contributed by atoms with E-state index in [-0.39, 0.29) is 37.2 Å². The van der Waals surface area contributed by atoms with Crippen molar-refractivity contribution >= 4 is 5.97 Å². The van der Waals surface area contributed by atoms with Gasteiger partial charge in [-0.05, 0) is 41.0 Å². The van der Waals surface area contributed by atoms with E-state index in [0.717, 1.165) is 16.7 Å². The van der Waals surface area contributed by atoms with Crippen molar-refractivity contribution in [1.82, 2.24) is 5.43 Å². The number of esters is 1. The molecule has 2 aliphatic heterocycles. The van der Waals surface area contributed by atoms with Crippen molar-refractivity contribution in [3.8, 4) is 28.7 Å². The van der Waals surface area contributed by atoms with Gasteiger partial charge in [-0.3, -0.25) is 10.2 Å². The zero-order chi connectivity index (χ0) is 22.4. The van der Waals surface area contributed by atoms with Crippen LogP contribution < -0.4 is 34.3 Å². The van der Waals surface area contributed by atoms with Crippen LogP contribution in [0.2, 0.25) is 0 Å². The van der Waals surface area contributed by atoms with Crippen LogP contribution in [0.3, 0.4) is 0 Å². The highest BCUT2D eigenvalue weighted by molar-refractivity contribution is 5.79. The number of hydrogen-bond acceptors (Lipinski definition) is 7. The van der Waals surface area contributed by atoms with E-state index in [1.165, 1.54) is 0 Å². The maximum Gasteiger partial charge on any atom is 0.310 e. The monoisotopic (exact) mass is 441 g/mol. The maximum atomic E-state index is 12.9. The van der Waals surface area contributed by atoms with Crippen LogP contribution in [0.15, 0.2) is 24.3 Å². The zero-order valence-corrected chi connectivity index (χ0v) is 17.8. The van der Waals surface area contributed by atoms with Crippen LogP contribution in [0.4, 0.5) is 0 Å². The number of rotatable bonds is 6. The minimum Gasteiger partial charge on any atom is -0.493 e. The summed E-state index contributed by atoms with van der Waals surface area (Å²) in [6, 6.07) is 7.08. The smallest absolute Gasteiger partial charge is 0.310 e. The van der Waals surface area contributed by atoms with Crippen molar-refractivity contribution in [2.24, 2.45) is 11.8 Å². The van der Waals surface area contributed by atoms with Gasteiger partial charge in [-0.1, -0.05) is 0 Å². The molecule has 3 aliphatic rings. The number of fused-ring (bicyclic) bond motifs is 3. The molecule has 1 fully saturated rings. The van der Waals surface area contributed by atoms with E-state index in [4.69, 9.17) is 28.4 Å². The van der Waals surface area contributed by atoms with Gasteiger partial charge in [0.2, 0.25) is 12.5 Å². The molecule has 0 bridgehead atoms. The van der Waals surface area contributed by atoms with E-state index in [2.05, 4.69) is 5.43 Å². The molecule has 0 radical (unpaired) electrons. The standard InChI is InChI=1S/C22H23N3O7/c1-27-16-4-10(5-17(28-2)21(16)29-3)18-11-6-14-15(32-9-31-14)7-12(11)20(24-25-23)13-8-30-22(26)19(13)18/h4-7,13,18-20,25H,8-9H2,1-3H3,(H-,23,24)/t13-,18+,19+,20-/m1/s1. The first kappa shape index (κ1) is 20.2. The van der Waals surface area contributed by atoms with Gasteiger partial charge in [0.25, 0.3) is 0 Å². The summed E-state index contributed by atoms with van der Waals surface area (Å²) < 4.78 is 33.2. The fraction of sp³-hybridized carbons (Fsp3) is 0.409. The molecule has 168 valence electrons. The fourth-order valence-electron chi connectivity index (χ4n) is 5.10. The van der Waals surface area contributed by atoms with Gasteiger partial charge >= 0.3 is 5.97 Å². The molecular formula is C22H23N3O7. The highest BCUT2D eigenvalue weighted by Gasteiger charge is 2.52. The normalized spacial score (nSPS) is 24.8. The number of methoxy groups -OCH3 is 3. The van der Waals surface area contributed by atoms with Crippen molar-refractivity contribution in [3.05, 3.63) is 46.5 Å². The van der Waals surface area contributed by atoms with Crippen LogP contribution in [-0.4, -0.2) is 40.7 Å². The lowest BCUT2D eigenvalue weighted by Crippen LogP contribution is -2.77. The number of carbonyl (C=O) groups is 1. The molecule has 10 nitrogen and oxygen atoms in total. The number of cyclic esters (lactones) is 1. The van der Waals surface area contributed by atoms with Gasteiger partial charge in [0.1, 0.15) is 0 Å². The molecule has 0 amide bonds. The Morgan fingerprint density at radius 3 is 2.22 bits per heavy atom. The van der Waals surface area contributed by atoms with Gasteiger partial charge in [0.05, 0.1) is 33.9 Å². The zero-order valence-electron chi connectivity index (χ0n) is 17.8. The first-order chi connectivity index (χ1) is 15.6. The summed E-state index contributed by atoms with van der Waals surface area (Å²) in [5.41, 5.74) is 14.8. The summed E-state index contributed by atoms with van der Waals surface area (Å²) in [5, 5.41) is 2.03. The SMILES string of the molecule is COc1cc([C@H]2c3cc4c(cc3[C@@H](N[NH+]=[N-])[C@@H]3COC(=O)[C@H]23)OCO4)cc(OC)c1OC. The summed E-state index contributed by atoms with van der Waals surface area (Å²) in [4.78, 5) is 12.9. The Balaban J connectivity index is 1.75. The van der Waals surface area contributed by atoms with Crippen LogP contribution in [0.5, 0.6) is 28.7 Å². The molecule has 1 saturated heterocycles. The Kier molecular flexibility index (Phi) is 4.91. The second-order valence-corrected chi connectivity index (χ2v) is 7.82. The van der Waals surface area contributed by atoms with Gasteiger partial charge in [-0.2, -0.15) is 10.8 Å². The van der Waals surface area contributed by atoms with Crippen molar-refractivity contribution in [2.75, 3.05) is 34.7 Å². The lowest BCUT2D eigenvalue weighted by Gasteiger charge is -2.39. The van der Waals surface area contributed by atoms with E-state index in [1.807, 2.05) is 29.5 Å². The number of nitrogens with one attached hydrogen (secondary N) is 2. The molecule has 2 aromatic carbocycles. The van der Waals surface area contributed by atoms with E-state index in [0.29, 0.717) is 28.7 Å².